The molecule has 0 amide bonds. The predicted octanol–water partition coefficient (Wildman–Crippen LogP) is 3.68. The topological polar surface area (TPSA) is 21.3 Å². The van der Waals surface area contributed by atoms with Crippen LogP contribution in [0.5, 0.6) is 0 Å². The summed E-state index contributed by atoms with van der Waals surface area (Å²) < 4.78 is 5.46. The Labute approximate surface area is 118 Å². The van der Waals surface area contributed by atoms with Gasteiger partial charge in [0.2, 0.25) is 0 Å². The molecule has 2 nitrogen and oxygen atoms in total. The Kier molecular flexibility index (Phi) is 3.69. The molecule has 3 rings (SSSR count). The molecule has 0 radical (unpaired) electrons. The Balaban J connectivity index is 1.65. The molecule has 1 atom stereocenters. The van der Waals surface area contributed by atoms with E-state index < -0.39 is 0 Å². The summed E-state index contributed by atoms with van der Waals surface area (Å²) in [6.45, 7) is 4.87. The van der Waals surface area contributed by atoms with Crippen LogP contribution in [0.4, 0.5) is 0 Å². The van der Waals surface area contributed by atoms with Gasteiger partial charge in [-0.3, -0.25) is 0 Å². The summed E-state index contributed by atoms with van der Waals surface area (Å²) in [5, 5.41) is 5.86. The molecule has 0 saturated carbocycles. The van der Waals surface area contributed by atoms with E-state index in [1.165, 1.54) is 16.0 Å². The maximum Gasteiger partial charge on any atom is 0.0646 e. The zero-order valence-corrected chi connectivity index (χ0v) is 12.0. The van der Waals surface area contributed by atoms with Gasteiger partial charge in [-0.15, -0.1) is 11.3 Å². The highest BCUT2D eigenvalue weighted by atomic mass is 32.1. The Morgan fingerprint density at radius 2 is 2.11 bits per heavy atom. The van der Waals surface area contributed by atoms with E-state index in [4.69, 9.17) is 4.74 Å². The van der Waals surface area contributed by atoms with Gasteiger partial charge in [0, 0.05) is 23.6 Å². The summed E-state index contributed by atoms with van der Waals surface area (Å²) in [7, 11) is 0. The van der Waals surface area contributed by atoms with Crippen LogP contribution in [0.3, 0.4) is 0 Å². The number of nitrogens with one attached hydrogen (secondary N) is 1. The van der Waals surface area contributed by atoms with E-state index in [1.807, 2.05) is 11.3 Å². The molecule has 1 aromatic carbocycles. The number of hydrogen-bond acceptors (Lipinski definition) is 3. The Morgan fingerprint density at radius 3 is 2.84 bits per heavy atom. The van der Waals surface area contributed by atoms with Crippen LogP contribution >= 0.6 is 11.3 Å². The first-order valence-corrected chi connectivity index (χ1v) is 7.59. The fraction of sp³-hybridized carbons (Fsp3) is 0.375. The summed E-state index contributed by atoms with van der Waals surface area (Å²) in [4.78, 5) is 1.38. The standard InChI is InChI=1S/C16H19NOS/c1-16(7-8-18-12-16)17-10-15-9-14(11-19-15)13-5-3-2-4-6-13/h2-6,9,11,17H,7-8,10,12H2,1H3. The maximum atomic E-state index is 5.46. The minimum atomic E-state index is 0.150. The molecule has 3 heteroatoms. The second-order valence-corrected chi connectivity index (χ2v) is 6.38. The largest absolute Gasteiger partial charge is 0.379 e. The molecule has 1 saturated heterocycles. The number of benzene rings is 1. The van der Waals surface area contributed by atoms with Gasteiger partial charge >= 0.3 is 0 Å². The van der Waals surface area contributed by atoms with Crippen LogP contribution in [0.2, 0.25) is 0 Å². The second kappa shape index (κ2) is 5.45. The summed E-state index contributed by atoms with van der Waals surface area (Å²) in [5.74, 6) is 0. The van der Waals surface area contributed by atoms with Crippen molar-refractivity contribution in [3.63, 3.8) is 0 Å². The number of rotatable bonds is 4. The van der Waals surface area contributed by atoms with Gasteiger partial charge in [0.15, 0.2) is 0 Å². The van der Waals surface area contributed by atoms with Gasteiger partial charge in [-0.25, -0.2) is 0 Å². The highest BCUT2D eigenvalue weighted by Crippen LogP contribution is 2.26. The van der Waals surface area contributed by atoms with Crippen LogP contribution in [-0.2, 0) is 11.3 Å². The molecule has 2 heterocycles. The highest BCUT2D eigenvalue weighted by Gasteiger charge is 2.28. The van der Waals surface area contributed by atoms with E-state index in [9.17, 15) is 0 Å². The molecule has 0 spiro atoms. The molecule has 0 bridgehead atoms. The molecular weight excluding hydrogens is 254 g/mol. The molecule has 1 N–H and O–H groups in total. The Bertz CT molecular complexity index is 529. The fourth-order valence-electron chi connectivity index (χ4n) is 2.36. The van der Waals surface area contributed by atoms with Crippen molar-refractivity contribution < 1.29 is 4.74 Å². The van der Waals surface area contributed by atoms with Gasteiger partial charge in [0.25, 0.3) is 0 Å². The number of ether oxygens (including phenoxy) is 1. The monoisotopic (exact) mass is 273 g/mol. The van der Waals surface area contributed by atoms with Crippen LogP contribution in [0.1, 0.15) is 18.2 Å². The summed E-state index contributed by atoms with van der Waals surface area (Å²) in [6, 6.07) is 12.8. The minimum Gasteiger partial charge on any atom is -0.379 e. The van der Waals surface area contributed by atoms with Crippen molar-refractivity contribution in [2.24, 2.45) is 0 Å². The summed E-state index contributed by atoms with van der Waals surface area (Å²) >= 11 is 1.82. The molecule has 1 fully saturated rings. The van der Waals surface area contributed by atoms with Crippen molar-refractivity contribution in [1.82, 2.24) is 5.32 Å². The first-order chi connectivity index (χ1) is 9.25. The molecule has 100 valence electrons. The molecule has 1 aliphatic rings. The van der Waals surface area contributed by atoms with E-state index in [1.54, 1.807) is 0 Å². The van der Waals surface area contributed by atoms with Crippen molar-refractivity contribution in [2.75, 3.05) is 13.2 Å². The highest BCUT2D eigenvalue weighted by molar-refractivity contribution is 7.10. The normalized spacial score (nSPS) is 22.8. The van der Waals surface area contributed by atoms with Gasteiger partial charge < -0.3 is 10.1 Å². The van der Waals surface area contributed by atoms with Crippen LogP contribution < -0.4 is 5.32 Å². The van der Waals surface area contributed by atoms with Crippen LogP contribution in [0, 0.1) is 0 Å². The van der Waals surface area contributed by atoms with Crippen molar-refractivity contribution in [3.05, 3.63) is 46.7 Å². The van der Waals surface area contributed by atoms with Crippen molar-refractivity contribution in [3.8, 4) is 11.1 Å². The number of thiophene rings is 1. The van der Waals surface area contributed by atoms with E-state index in [0.717, 1.165) is 26.2 Å². The third-order valence-corrected chi connectivity index (χ3v) is 4.61. The molecule has 2 aromatic rings. The molecule has 1 aliphatic heterocycles. The Hall–Kier alpha value is -1.16. The van der Waals surface area contributed by atoms with E-state index in [-0.39, 0.29) is 5.54 Å². The van der Waals surface area contributed by atoms with Crippen molar-refractivity contribution >= 4 is 11.3 Å². The molecule has 0 aliphatic carbocycles. The molecule has 19 heavy (non-hydrogen) atoms. The van der Waals surface area contributed by atoms with Gasteiger partial charge in [-0.2, -0.15) is 0 Å². The fourth-order valence-corrected chi connectivity index (χ4v) is 3.20. The lowest BCUT2D eigenvalue weighted by Crippen LogP contribution is -2.42. The smallest absolute Gasteiger partial charge is 0.0646 e. The summed E-state index contributed by atoms with van der Waals surface area (Å²) in [6.07, 6.45) is 1.10. The SMILES string of the molecule is CC1(NCc2cc(-c3ccccc3)cs2)CCOC1. The van der Waals surface area contributed by atoms with Gasteiger partial charge in [0.05, 0.1) is 6.61 Å². The van der Waals surface area contributed by atoms with Gasteiger partial charge in [-0.1, -0.05) is 30.3 Å². The lowest BCUT2D eigenvalue weighted by atomic mass is 10.0. The molecule has 1 unspecified atom stereocenters. The summed E-state index contributed by atoms with van der Waals surface area (Å²) in [5.41, 5.74) is 2.76. The average molecular weight is 273 g/mol. The second-order valence-electron chi connectivity index (χ2n) is 5.38. The van der Waals surface area contributed by atoms with Crippen LogP contribution in [-0.4, -0.2) is 18.8 Å². The first-order valence-electron chi connectivity index (χ1n) is 6.71. The molecular formula is C16H19NOS. The minimum absolute atomic E-state index is 0.150. The van der Waals surface area contributed by atoms with E-state index in [0.29, 0.717) is 0 Å². The lowest BCUT2D eigenvalue weighted by molar-refractivity contribution is 0.171. The van der Waals surface area contributed by atoms with Gasteiger partial charge in [-0.05, 0) is 35.9 Å². The zero-order valence-electron chi connectivity index (χ0n) is 11.2. The lowest BCUT2D eigenvalue weighted by Gasteiger charge is -2.23. The van der Waals surface area contributed by atoms with Crippen molar-refractivity contribution in [2.45, 2.75) is 25.4 Å². The zero-order chi connectivity index (χ0) is 13.1. The predicted molar refractivity (Wildman–Crippen MR) is 80.4 cm³/mol. The average Bonchev–Trinajstić information content (AvgIpc) is 3.07. The van der Waals surface area contributed by atoms with Gasteiger partial charge in [0.1, 0.15) is 0 Å². The number of hydrogen-bond donors (Lipinski definition) is 1. The van der Waals surface area contributed by atoms with Crippen molar-refractivity contribution in [1.29, 1.82) is 0 Å². The first kappa shape index (κ1) is 12.9. The van der Waals surface area contributed by atoms with E-state index >= 15 is 0 Å². The van der Waals surface area contributed by atoms with Crippen LogP contribution in [0.25, 0.3) is 11.1 Å². The third-order valence-electron chi connectivity index (χ3n) is 3.67. The maximum absolute atomic E-state index is 5.46. The van der Waals surface area contributed by atoms with Crippen LogP contribution in [0.15, 0.2) is 41.8 Å². The molecule has 1 aromatic heterocycles. The Morgan fingerprint density at radius 1 is 1.26 bits per heavy atom. The van der Waals surface area contributed by atoms with E-state index in [2.05, 4.69) is 54.0 Å². The quantitative estimate of drug-likeness (QED) is 0.917. The third kappa shape index (κ3) is 3.06.